The molecule has 184 valence electrons. The van der Waals surface area contributed by atoms with Crippen LogP contribution in [0.2, 0.25) is 0 Å². The second kappa shape index (κ2) is 9.62. The molecule has 0 radical (unpaired) electrons. The van der Waals surface area contributed by atoms with E-state index in [1.54, 1.807) is 25.3 Å². The molecule has 0 spiro atoms. The van der Waals surface area contributed by atoms with Gasteiger partial charge in [0.1, 0.15) is 11.4 Å². The Morgan fingerprint density at radius 2 is 1.94 bits per heavy atom. The maximum Gasteiger partial charge on any atom is 0.271 e. The van der Waals surface area contributed by atoms with E-state index < -0.39 is 6.04 Å². The summed E-state index contributed by atoms with van der Waals surface area (Å²) in [6.07, 6.45) is 1.59. The van der Waals surface area contributed by atoms with Gasteiger partial charge in [-0.1, -0.05) is 35.5 Å². The average molecular weight is 487 g/mol. The summed E-state index contributed by atoms with van der Waals surface area (Å²) >= 11 is 0. The SMILES string of the molecule is Cc1noc(-c2cnc(Nc3ccc4c(=O)[nH]n(C(C)C)c4c3)nc2N[C@H](CO)c2ccccc2)n1. The molecule has 3 aromatic heterocycles. The molecule has 5 rings (SSSR count). The molecule has 4 N–H and O–H groups in total. The molecule has 36 heavy (non-hydrogen) atoms. The van der Waals surface area contributed by atoms with Crippen molar-refractivity contribution in [2.45, 2.75) is 32.9 Å². The van der Waals surface area contributed by atoms with Crippen molar-refractivity contribution in [1.82, 2.24) is 29.9 Å². The first-order chi connectivity index (χ1) is 17.4. The summed E-state index contributed by atoms with van der Waals surface area (Å²) in [5, 5.41) is 23.9. The molecule has 2 aromatic carbocycles. The first-order valence-corrected chi connectivity index (χ1v) is 11.5. The van der Waals surface area contributed by atoms with Gasteiger partial charge in [0.15, 0.2) is 5.82 Å². The first-order valence-electron chi connectivity index (χ1n) is 11.5. The highest BCUT2D eigenvalue weighted by Crippen LogP contribution is 2.30. The summed E-state index contributed by atoms with van der Waals surface area (Å²) in [6.45, 7) is 5.57. The molecule has 5 aromatic rings. The zero-order valence-electron chi connectivity index (χ0n) is 20.1. The van der Waals surface area contributed by atoms with E-state index in [-0.39, 0.29) is 24.1 Å². The predicted molar refractivity (Wildman–Crippen MR) is 136 cm³/mol. The van der Waals surface area contributed by atoms with Crippen molar-refractivity contribution in [3.8, 4) is 11.5 Å². The number of hydrogen-bond acceptors (Lipinski definition) is 9. The van der Waals surface area contributed by atoms with Gasteiger partial charge in [-0.25, -0.2) is 4.98 Å². The molecule has 0 aliphatic carbocycles. The van der Waals surface area contributed by atoms with Crippen molar-refractivity contribution in [1.29, 1.82) is 0 Å². The van der Waals surface area contributed by atoms with Crippen LogP contribution in [0.5, 0.6) is 0 Å². The van der Waals surface area contributed by atoms with E-state index in [2.05, 4.69) is 35.8 Å². The standard InChI is InChI=1S/C25H26N8O3/c1-14(2)33-21-11-17(9-10-18(21)23(35)31-33)28-25-26-12-19(24-27-15(3)32-36-24)22(30-25)29-20(13-34)16-7-5-4-6-8-16/h4-12,14,20,34H,13H2,1-3H3,(H,31,35)(H2,26,28,29,30)/t20-/m1/s1. The zero-order chi connectivity index (χ0) is 25.2. The third kappa shape index (κ3) is 4.56. The minimum atomic E-state index is -0.423. The van der Waals surface area contributed by atoms with Gasteiger partial charge in [-0.3, -0.25) is 14.6 Å². The predicted octanol–water partition coefficient (Wildman–Crippen LogP) is 3.95. The van der Waals surface area contributed by atoms with Gasteiger partial charge in [-0.2, -0.15) is 9.97 Å². The summed E-state index contributed by atoms with van der Waals surface area (Å²) in [7, 11) is 0. The molecular formula is C25H26N8O3. The molecule has 0 amide bonds. The number of benzene rings is 2. The number of nitrogens with one attached hydrogen (secondary N) is 3. The number of nitrogens with zero attached hydrogens (tertiary/aromatic N) is 5. The minimum absolute atomic E-state index is 0.0862. The summed E-state index contributed by atoms with van der Waals surface area (Å²) in [5.41, 5.74) is 2.75. The van der Waals surface area contributed by atoms with Crippen molar-refractivity contribution in [2.24, 2.45) is 0 Å². The molecule has 0 saturated carbocycles. The van der Waals surface area contributed by atoms with Crippen LogP contribution in [-0.4, -0.2) is 41.6 Å². The van der Waals surface area contributed by atoms with Crippen molar-refractivity contribution in [3.63, 3.8) is 0 Å². The summed E-state index contributed by atoms with van der Waals surface area (Å²) in [6, 6.07) is 14.7. The number of anilines is 3. The van der Waals surface area contributed by atoms with E-state index in [4.69, 9.17) is 4.52 Å². The third-order valence-electron chi connectivity index (χ3n) is 5.74. The Morgan fingerprint density at radius 3 is 2.64 bits per heavy atom. The Kier molecular flexibility index (Phi) is 6.21. The van der Waals surface area contributed by atoms with E-state index in [9.17, 15) is 9.90 Å². The summed E-state index contributed by atoms with van der Waals surface area (Å²) < 4.78 is 7.18. The van der Waals surface area contributed by atoms with Crippen LogP contribution in [0.15, 0.2) is 64.0 Å². The Balaban J connectivity index is 1.52. The molecule has 0 aliphatic rings. The topological polar surface area (TPSA) is 147 Å². The molecule has 1 atom stereocenters. The maximum atomic E-state index is 12.3. The third-order valence-corrected chi connectivity index (χ3v) is 5.74. The highest BCUT2D eigenvalue weighted by Gasteiger charge is 2.19. The molecule has 11 nitrogen and oxygen atoms in total. The summed E-state index contributed by atoms with van der Waals surface area (Å²) in [5.74, 6) is 1.48. The van der Waals surface area contributed by atoms with Crippen LogP contribution in [0.3, 0.4) is 0 Å². The van der Waals surface area contributed by atoms with Crippen molar-refractivity contribution in [2.75, 3.05) is 17.2 Å². The second-order valence-corrected chi connectivity index (χ2v) is 8.65. The molecule has 0 bridgehead atoms. The Hall–Kier alpha value is -4.51. The van der Waals surface area contributed by atoms with E-state index in [0.29, 0.717) is 34.2 Å². The van der Waals surface area contributed by atoms with Gasteiger partial charge in [0, 0.05) is 17.9 Å². The smallest absolute Gasteiger partial charge is 0.271 e. The van der Waals surface area contributed by atoms with Gasteiger partial charge in [0.25, 0.3) is 11.4 Å². The molecule has 11 heteroatoms. The van der Waals surface area contributed by atoms with Crippen LogP contribution in [0, 0.1) is 6.92 Å². The molecule has 0 aliphatic heterocycles. The summed E-state index contributed by atoms with van der Waals surface area (Å²) in [4.78, 5) is 25.7. The van der Waals surface area contributed by atoms with E-state index in [0.717, 1.165) is 11.1 Å². The highest BCUT2D eigenvalue weighted by atomic mass is 16.5. The molecule has 3 heterocycles. The lowest BCUT2D eigenvalue weighted by Crippen LogP contribution is -2.17. The van der Waals surface area contributed by atoms with Crippen molar-refractivity contribution in [3.05, 3.63) is 76.5 Å². The Morgan fingerprint density at radius 1 is 1.14 bits per heavy atom. The van der Waals surface area contributed by atoms with Gasteiger partial charge in [-0.05, 0) is 44.5 Å². The maximum absolute atomic E-state index is 12.3. The highest BCUT2D eigenvalue weighted by molar-refractivity contribution is 5.83. The fourth-order valence-corrected chi connectivity index (χ4v) is 3.97. The normalized spacial score (nSPS) is 12.2. The zero-order valence-corrected chi connectivity index (χ0v) is 20.1. The Bertz CT molecular complexity index is 1550. The van der Waals surface area contributed by atoms with Crippen molar-refractivity contribution >= 4 is 28.4 Å². The lowest BCUT2D eigenvalue weighted by molar-refractivity contribution is 0.276. The average Bonchev–Trinajstić information content (AvgIpc) is 3.46. The van der Waals surface area contributed by atoms with Gasteiger partial charge in [0.2, 0.25) is 5.95 Å². The second-order valence-electron chi connectivity index (χ2n) is 8.65. The number of hydrogen-bond donors (Lipinski definition) is 4. The number of H-pyrrole nitrogens is 1. The van der Waals surface area contributed by atoms with E-state index in [1.165, 1.54) is 0 Å². The first kappa shape index (κ1) is 23.2. The fraction of sp³-hybridized carbons (Fsp3) is 0.240. The van der Waals surface area contributed by atoms with Gasteiger partial charge < -0.3 is 20.3 Å². The van der Waals surface area contributed by atoms with E-state index in [1.807, 2.05) is 54.9 Å². The van der Waals surface area contributed by atoms with Gasteiger partial charge >= 0.3 is 0 Å². The molecule has 0 fully saturated rings. The largest absolute Gasteiger partial charge is 0.394 e. The number of aromatic amines is 1. The van der Waals surface area contributed by atoms with Crippen LogP contribution in [-0.2, 0) is 0 Å². The van der Waals surface area contributed by atoms with Crippen LogP contribution in [0.4, 0.5) is 17.5 Å². The van der Waals surface area contributed by atoms with E-state index >= 15 is 0 Å². The van der Waals surface area contributed by atoms with Gasteiger partial charge in [-0.15, -0.1) is 0 Å². The minimum Gasteiger partial charge on any atom is -0.394 e. The molecular weight excluding hydrogens is 460 g/mol. The number of aromatic nitrogens is 6. The van der Waals surface area contributed by atoms with Crippen LogP contribution in [0.1, 0.15) is 37.3 Å². The molecule has 0 saturated heterocycles. The number of fused-ring (bicyclic) bond motifs is 1. The fourth-order valence-electron chi connectivity index (χ4n) is 3.97. The van der Waals surface area contributed by atoms with Crippen LogP contribution >= 0.6 is 0 Å². The number of aryl methyl sites for hydroxylation is 1. The molecule has 0 unspecified atom stereocenters. The number of rotatable bonds is 8. The quantitative estimate of drug-likeness (QED) is 0.256. The Labute approximate surface area is 206 Å². The van der Waals surface area contributed by atoms with Crippen LogP contribution < -0.4 is 16.2 Å². The number of aliphatic hydroxyl groups is 1. The monoisotopic (exact) mass is 486 g/mol. The van der Waals surface area contributed by atoms with Crippen molar-refractivity contribution < 1.29 is 9.63 Å². The number of aliphatic hydroxyl groups excluding tert-OH is 1. The van der Waals surface area contributed by atoms with Gasteiger partial charge in [0.05, 0.1) is 23.6 Å². The van der Waals surface area contributed by atoms with Crippen LogP contribution in [0.25, 0.3) is 22.4 Å². The lowest BCUT2D eigenvalue weighted by Gasteiger charge is -2.19. The lowest BCUT2D eigenvalue weighted by atomic mass is 10.1.